The van der Waals surface area contributed by atoms with Crippen molar-refractivity contribution in [3.8, 4) is 11.5 Å². The van der Waals surface area contributed by atoms with E-state index < -0.39 is 58.6 Å². The van der Waals surface area contributed by atoms with Gasteiger partial charge in [-0.25, -0.2) is 8.78 Å². The number of nitrogens with one attached hydrogen (secondary N) is 1. The van der Waals surface area contributed by atoms with Crippen molar-refractivity contribution in [1.29, 1.82) is 0 Å². The number of anilines is 1. The van der Waals surface area contributed by atoms with E-state index in [2.05, 4.69) is 10.1 Å². The molecular formula is C30H28F5N3O6. The van der Waals surface area contributed by atoms with Crippen molar-refractivity contribution >= 4 is 17.5 Å². The van der Waals surface area contributed by atoms with Gasteiger partial charge in [0.1, 0.15) is 34.9 Å². The van der Waals surface area contributed by atoms with Crippen LogP contribution in [0.5, 0.6) is 11.5 Å². The number of hydrogen-bond donors (Lipinski definition) is 1. The van der Waals surface area contributed by atoms with Gasteiger partial charge in [-0.2, -0.15) is 0 Å². The smallest absolute Gasteiger partial charge is 0.497 e. The molecule has 0 bridgehead atoms. The zero-order valence-corrected chi connectivity index (χ0v) is 23.6. The Morgan fingerprint density at radius 2 is 1.75 bits per heavy atom. The SMILES string of the molecule is COc1cc(F)c([C@@H]2CN(c3c(C)ccn(CC4CCOC4)c3=O)C(=O)[C@H]2NC(=O)c2ccc(OC(F)(F)F)cc2)c(F)c1. The van der Waals surface area contributed by atoms with E-state index in [9.17, 15) is 27.6 Å². The highest BCUT2D eigenvalue weighted by atomic mass is 19.4. The van der Waals surface area contributed by atoms with Gasteiger partial charge in [0.05, 0.1) is 13.7 Å². The van der Waals surface area contributed by atoms with Gasteiger partial charge in [-0.05, 0) is 49.2 Å². The first kappa shape index (κ1) is 31.0. The van der Waals surface area contributed by atoms with Gasteiger partial charge in [-0.3, -0.25) is 14.4 Å². The molecule has 1 unspecified atom stereocenters. The quantitative estimate of drug-likeness (QED) is 0.377. The maximum absolute atomic E-state index is 15.3. The Kier molecular flexibility index (Phi) is 8.64. The fourth-order valence-corrected chi connectivity index (χ4v) is 5.55. The standard InChI is InChI=1S/C30H28F5N3O6/c1-16-7-9-37(13-17-8-10-43-15-17)29(41)26(16)38-14-21(24-22(31)11-20(42-2)12-23(24)32)25(28(38)40)36-27(39)18-3-5-19(6-4-18)44-30(33,34)35/h3-7,9,11-12,17,21,25H,8,10,13-15H2,1-2H3,(H,36,39)/t17?,21-,25-/m0/s1. The normalized spacial score (nSPS) is 20.2. The van der Waals surface area contributed by atoms with Crippen molar-refractivity contribution in [3.63, 3.8) is 0 Å². The molecule has 1 aromatic heterocycles. The van der Waals surface area contributed by atoms with Gasteiger partial charge < -0.3 is 29.0 Å². The third kappa shape index (κ3) is 6.39. The van der Waals surface area contributed by atoms with Crippen molar-refractivity contribution in [1.82, 2.24) is 9.88 Å². The van der Waals surface area contributed by atoms with Crippen LogP contribution in [0.2, 0.25) is 0 Å². The fraction of sp³-hybridized carbons (Fsp3) is 0.367. The van der Waals surface area contributed by atoms with Gasteiger partial charge in [0, 0.05) is 61.0 Å². The third-order valence-electron chi connectivity index (χ3n) is 7.70. The molecule has 3 heterocycles. The first-order chi connectivity index (χ1) is 20.9. The van der Waals surface area contributed by atoms with Gasteiger partial charge in [0.25, 0.3) is 11.5 Å². The molecule has 1 N–H and O–H groups in total. The summed E-state index contributed by atoms with van der Waals surface area (Å²) in [5.41, 5.74) is -0.702. The molecule has 2 amide bonds. The van der Waals surface area contributed by atoms with Crippen LogP contribution in [0.3, 0.4) is 0 Å². The largest absolute Gasteiger partial charge is 0.573 e. The van der Waals surface area contributed by atoms with E-state index in [1.807, 2.05) is 0 Å². The predicted octanol–water partition coefficient (Wildman–Crippen LogP) is 4.31. The lowest BCUT2D eigenvalue weighted by Gasteiger charge is -2.21. The fourth-order valence-electron chi connectivity index (χ4n) is 5.55. The molecule has 0 saturated carbocycles. The van der Waals surface area contributed by atoms with Crippen LogP contribution in [0.1, 0.15) is 33.8 Å². The summed E-state index contributed by atoms with van der Waals surface area (Å²) in [5, 5.41) is 2.47. The lowest BCUT2D eigenvalue weighted by Crippen LogP contribution is -2.45. The Labute approximate surface area is 248 Å². The summed E-state index contributed by atoms with van der Waals surface area (Å²) in [6.07, 6.45) is -2.58. The maximum atomic E-state index is 15.3. The van der Waals surface area contributed by atoms with Crippen LogP contribution in [0.15, 0.2) is 53.5 Å². The minimum absolute atomic E-state index is 0.00106. The van der Waals surface area contributed by atoms with E-state index in [4.69, 9.17) is 9.47 Å². The molecule has 0 spiro atoms. The van der Waals surface area contributed by atoms with E-state index >= 15 is 8.78 Å². The molecule has 3 aromatic rings. The predicted molar refractivity (Wildman–Crippen MR) is 147 cm³/mol. The zero-order chi connectivity index (χ0) is 31.8. The molecule has 2 aliphatic rings. The van der Waals surface area contributed by atoms with Crippen LogP contribution in [0.25, 0.3) is 0 Å². The summed E-state index contributed by atoms with van der Waals surface area (Å²) in [5.74, 6) is -5.63. The van der Waals surface area contributed by atoms with Crippen LogP contribution in [0.4, 0.5) is 27.6 Å². The monoisotopic (exact) mass is 621 g/mol. The van der Waals surface area contributed by atoms with Gasteiger partial charge in [0.15, 0.2) is 0 Å². The minimum atomic E-state index is -4.94. The molecule has 2 aliphatic heterocycles. The summed E-state index contributed by atoms with van der Waals surface area (Å²) in [4.78, 5) is 41.8. The number of aryl methyl sites for hydroxylation is 1. The van der Waals surface area contributed by atoms with Crippen LogP contribution in [-0.4, -0.2) is 55.7 Å². The summed E-state index contributed by atoms with van der Waals surface area (Å²) in [6, 6.07) is 5.91. The third-order valence-corrected chi connectivity index (χ3v) is 7.70. The Morgan fingerprint density at radius 3 is 2.34 bits per heavy atom. The first-order valence-electron chi connectivity index (χ1n) is 13.6. The molecule has 2 fully saturated rings. The molecular weight excluding hydrogens is 593 g/mol. The Morgan fingerprint density at radius 1 is 1.07 bits per heavy atom. The second-order valence-electron chi connectivity index (χ2n) is 10.6. The van der Waals surface area contributed by atoms with Gasteiger partial charge in [-0.1, -0.05) is 0 Å². The Bertz CT molecular complexity index is 1600. The number of amides is 2. The second kappa shape index (κ2) is 12.3. The molecule has 2 saturated heterocycles. The number of pyridine rings is 1. The minimum Gasteiger partial charge on any atom is -0.497 e. The highest BCUT2D eigenvalue weighted by Crippen LogP contribution is 2.37. The summed E-state index contributed by atoms with van der Waals surface area (Å²) < 4.78 is 83.9. The van der Waals surface area contributed by atoms with Gasteiger partial charge in [0.2, 0.25) is 5.91 Å². The highest BCUT2D eigenvalue weighted by Gasteiger charge is 2.46. The number of methoxy groups -OCH3 is 1. The van der Waals surface area contributed by atoms with Crippen molar-refractivity contribution in [2.45, 2.75) is 38.2 Å². The molecule has 44 heavy (non-hydrogen) atoms. The van der Waals surface area contributed by atoms with E-state index in [0.717, 1.165) is 47.7 Å². The number of nitrogens with zero attached hydrogens (tertiary/aromatic N) is 2. The van der Waals surface area contributed by atoms with E-state index in [1.165, 1.54) is 11.7 Å². The number of carbonyl (C=O) groups excluding carboxylic acids is 2. The molecule has 234 valence electrons. The Balaban J connectivity index is 1.50. The number of rotatable bonds is 8. The van der Waals surface area contributed by atoms with Crippen LogP contribution < -0.4 is 25.2 Å². The van der Waals surface area contributed by atoms with Crippen LogP contribution in [0, 0.1) is 24.5 Å². The average molecular weight is 622 g/mol. The van der Waals surface area contributed by atoms with Crippen molar-refractivity contribution in [2.24, 2.45) is 5.92 Å². The number of halogens is 5. The van der Waals surface area contributed by atoms with Crippen molar-refractivity contribution in [2.75, 3.05) is 31.8 Å². The number of aromatic nitrogens is 1. The van der Waals surface area contributed by atoms with Gasteiger partial charge in [-0.15, -0.1) is 13.2 Å². The molecule has 0 aliphatic carbocycles. The summed E-state index contributed by atoms with van der Waals surface area (Å²) in [7, 11) is 1.23. The number of ether oxygens (including phenoxy) is 3. The summed E-state index contributed by atoms with van der Waals surface area (Å²) >= 11 is 0. The van der Waals surface area contributed by atoms with Crippen molar-refractivity contribution < 1.29 is 45.8 Å². The molecule has 14 heteroatoms. The van der Waals surface area contributed by atoms with Gasteiger partial charge >= 0.3 is 6.36 Å². The van der Waals surface area contributed by atoms with Crippen LogP contribution >= 0.6 is 0 Å². The number of alkyl halides is 3. The lowest BCUT2D eigenvalue weighted by atomic mass is 9.92. The average Bonchev–Trinajstić information content (AvgIpc) is 3.58. The maximum Gasteiger partial charge on any atom is 0.573 e. The molecule has 9 nitrogen and oxygen atoms in total. The highest BCUT2D eigenvalue weighted by molar-refractivity contribution is 6.05. The summed E-state index contributed by atoms with van der Waals surface area (Å²) in [6.45, 7) is 2.66. The first-order valence-corrected chi connectivity index (χ1v) is 13.6. The molecule has 0 radical (unpaired) electrons. The van der Waals surface area contributed by atoms with Crippen molar-refractivity contribution in [3.05, 3.63) is 87.3 Å². The zero-order valence-electron chi connectivity index (χ0n) is 23.6. The second-order valence-corrected chi connectivity index (χ2v) is 10.6. The number of carbonyl (C=O) groups is 2. The molecule has 3 atom stereocenters. The Hall–Kier alpha value is -4.46. The van der Waals surface area contributed by atoms with E-state index in [0.29, 0.717) is 25.3 Å². The molecule has 5 rings (SSSR count). The number of benzene rings is 2. The van der Waals surface area contributed by atoms with Crippen LogP contribution in [-0.2, 0) is 16.1 Å². The number of hydrogen-bond acceptors (Lipinski definition) is 6. The van der Waals surface area contributed by atoms with E-state index in [-0.39, 0.29) is 29.5 Å². The lowest BCUT2D eigenvalue weighted by molar-refractivity contribution is -0.274. The topological polar surface area (TPSA) is 99.1 Å². The van der Waals surface area contributed by atoms with E-state index in [1.54, 1.807) is 19.2 Å². The molecule has 2 aromatic carbocycles.